The van der Waals surface area contributed by atoms with Crippen LogP contribution in [-0.2, 0) is 6.61 Å². The zero-order valence-corrected chi connectivity index (χ0v) is 18.0. The van der Waals surface area contributed by atoms with Crippen LogP contribution >= 0.6 is 0 Å². The highest BCUT2D eigenvalue weighted by Crippen LogP contribution is 2.27. The summed E-state index contributed by atoms with van der Waals surface area (Å²) in [6.45, 7) is 8.49. The van der Waals surface area contributed by atoms with Crippen molar-refractivity contribution in [3.8, 4) is 11.5 Å². The highest BCUT2D eigenvalue weighted by atomic mass is 19.1. The summed E-state index contributed by atoms with van der Waals surface area (Å²) in [5.74, 6) is -0.974. The van der Waals surface area contributed by atoms with Gasteiger partial charge in [0.2, 0.25) is 0 Å². The second-order valence-corrected chi connectivity index (χ2v) is 7.30. The number of nitrogens with one attached hydrogen (secondary N) is 1. The van der Waals surface area contributed by atoms with Gasteiger partial charge < -0.3 is 14.8 Å². The lowest BCUT2D eigenvalue weighted by atomic mass is 10.1. The molecule has 0 saturated heterocycles. The van der Waals surface area contributed by atoms with Gasteiger partial charge in [-0.05, 0) is 80.8 Å². The Bertz CT molecular complexity index is 1090. The van der Waals surface area contributed by atoms with Gasteiger partial charge in [-0.15, -0.1) is 0 Å². The summed E-state index contributed by atoms with van der Waals surface area (Å²) in [6, 6.07) is 12.3. The van der Waals surface area contributed by atoms with Crippen molar-refractivity contribution in [2.24, 2.45) is 0 Å². The number of aryl methyl sites for hydroxylation is 2. The van der Waals surface area contributed by atoms with E-state index in [1.807, 2.05) is 33.8 Å². The van der Waals surface area contributed by atoms with Crippen molar-refractivity contribution in [3.63, 3.8) is 0 Å². The Morgan fingerprint density at radius 3 is 2.32 bits per heavy atom. The van der Waals surface area contributed by atoms with E-state index in [0.717, 1.165) is 34.6 Å². The number of hydrogen-bond acceptors (Lipinski definition) is 3. The lowest BCUT2D eigenvalue weighted by molar-refractivity contribution is 0.102. The van der Waals surface area contributed by atoms with Crippen LogP contribution in [0.5, 0.6) is 11.5 Å². The van der Waals surface area contributed by atoms with Crippen molar-refractivity contribution in [2.75, 3.05) is 11.9 Å². The highest BCUT2D eigenvalue weighted by Gasteiger charge is 2.16. The Morgan fingerprint density at radius 2 is 1.65 bits per heavy atom. The number of ether oxygens (including phenoxy) is 2. The van der Waals surface area contributed by atoms with Crippen LogP contribution in [0.2, 0.25) is 0 Å². The molecule has 0 unspecified atom stereocenters. The second-order valence-electron chi connectivity index (χ2n) is 7.30. The number of carbonyl (C=O) groups excluding carboxylic acids is 1. The molecule has 0 aliphatic heterocycles. The van der Waals surface area contributed by atoms with Crippen LogP contribution in [0.4, 0.5) is 14.5 Å². The number of hydrogen-bond donors (Lipinski definition) is 1. The number of carbonyl (C=O) groups is 1. The van der Waals surface area contributed by atoms with Gasteiger partial charge in [-0.2, -0.15) is 0 Å². The van der Waals surface area contributed by atoms with Gasteiger partial charge in [0, 0.05) is 11.1 Å². The third kappa shape index (κ3) is 5.20. The van der Waals surface area contributed by atoms with Crippen LogP contribution in [0.15, 0.2) is 48.5 Å². The van der Waals surface area contributed by atoms with E-state index in [4.69, 9.17) is 9.47 Å². The lowest BCUT2D eigenvalue weighted by Gasteiger charge is -2.16. The van der Waals surface area contributed by atoms with Gasteiger partial charge in [0.25, 0.3) is 5.91 Å². The molecule has 0 radical (unpaired) electrons. The molecule has 31 heavy (non-hydrogen) atoms. The fourth-order valence-corrected chi connectivity index (χ4v) is 3.24. The van der Waals surface area contributed by atoms with E-state index in [0.29, 0.717) is 17.9 Å². The Hall–Kier alpha value is -3.41. The highest BCUT2D eigenvalue weighted by molar-refractivity contribution is 6.04. The number of anilines is 1. The quantitative estimate of drug-likeness (QED) is 0.496. The summed E-state index contributed by atoms with van der Waals surface area (Å²) in [6.07, 6.45) is 0. The number of benzene rings is 3. The van der Waals surface area contributed by atoms with E-state index < -0.39 is 23.2 Å². The van der Waals surface area contributed by atoms with E-state index in [1.165, 1.54) is 6.07 Å². The van der Waals surface area contributed by atoms with Gasteiger partial charge in [-0.25, -0.2) is 8.78 Å². The van der Waals surface area contributed by atoms with Crippen LogP contribution in [-0.4, -0.2) is 12.5 Å². The molecular formula is C25H25F2NO3. The zero-order chi connectivity index (χ0) is 22.5. The van der Waals surface area contributed by atoms with Gasteiger partial charge in [-0.3, -0.25) is 4.79 Å². The summed E-state index contributed by atoms with van der Waals surface area (Å²) < 4.78 is 39.5. The molecule has 0 fully saturated rings. The molecule has 0 atom stereocenters. The Kier molecular flexibility index (Phi) is 6.90. The van der Waals surface area contributed by atoms with Crippen LogP contribution in [0.3, 0.4) is 0 Å². The summed E-state index contributed by atoms with van der Waals surface area (Å²) >= 11 is 0. The average molecular weight is 425 g/mol. The molecule has 0 bridgehead atoms. The van der Waals surface area contributed by atoms with Crippen LogP contribution in [0, 0.1) is 32.4 Å². The minimum absolute atomic E-state index is 0.175. The van der Waals surface area contributed by atoms with Gasteiger partial charge in [-0.1, -0.05) is 12.1 Å². The van der Waals surface area contributed by atoms with Gasteiger partial charge in [0.1, 0.15) is 35.4 Å². The minimum atomic E-state index is -0.840. The van der Waals surface area contributed by atoms with Crippen molar-refractivity contribution >= 4 is 11.6 Å². The van der Waals surface area contributed by atoms with Crippen LogP contribution in [0.25, 0.3) is 0 Å². The molecule has 0 spiro atoms. The first-order chi connectivity index (χ1) is 14.8. The van der Waals surface area contributed by atoms with E-state index in [-0.39, 0.29) is 12.2 Å². The topological polar surface area (TPSA) is 47.6 Å². The zero-order valence-electron chi connectivity index (χ0n) is 18.0. The Morgan fingerprint density at radius 1 is 0.935 bits per heavy atom. The number of amides is 1. The fourth-order valence-electron chi connectivity index (χ4n) is 3.24. The Labute approximate surface area is 180 Å². The SMILES string of the molecule is CCOc1ccc(C(=O)Nc2c(F)cccc2F)cc1COc1cc(C)cc(C)c1C. The van der Waals surface area contributed by atoms with Gasteiger partial charge in [0.05, 0.1) is 6.61 Å². The number of para-hydroxylation sites is 1. The van der Waals surface area contributed by atoms with E-state index in [1.54, 1.807) is 18.2 Å². The summed E-state index contributed by atoms with van der Waals surface area (Å²) in [5.41, 5.74) is 3.66. The second kappa shape index (κ2) is 9.60. The third-order valence-electron chi connectivity index (χ3n) is 4.97. The largest absolute Gasteiger partial charge is 0.493 e. The molecule has 0 saturated carbocycles. The molecule has 3 aromatic rings. The maximum absolute atomic E-state index is 13.9. The molecule has 1 amide bonds. The molecule has 162 valence electrons. The molecule has 3 rings (SSSR count). The van der Waals surface area contributed by atoms with Crippen molar-refractivity contribution in [1.82, 2.24) is 0 Å². The van der Waals surface area contributed by atoms with E-state index in [2.05, 4.69) is 11.4 Å². The normalized spacial score (nSPS) is 10.6. The average Bonchev–Trinajstić information content (AvgIpc) is 2.73. The van der Waals surface area contributed by atoms with Crippen molar-refractivity contribution in [3.05, 3.63) is 88.0 Å². The van der Waals surface area contributed by atoms with Gasteiger partial charge >= 0.3 is 0 Å². The Balaban J connectivity index is 1.86. The van der Waals surface area contributed by atoms with Crippen molar-refractivity contribution in [1.29, 1.82) is 0 Å². The fraction of sp³-hybridized carbons (Fsp3) is 0.240. The first kappa shape index (κ1) is 22.3. The summed E-state index contributed by atoms with van der Waals surface area (Å²) in [5, 5.41) is 2.30. The minimum Gasteiger partial charge on any atom is -0.493 e. The standard InChI is InChI=1S/C25H25F2NO3/c1-5-30-22-10-9-18(25(29)28-24-20(26)7-6-8-21(24)27)13-19(22)14-31-23-12-15(2)11-16(3)17(23)4/h6-13H,5,14H2,1-4H3,(H,28,29). The summed E-state index contributed by atoms with van der Waals surface area (Å²) in [4.78, 5) is 12.6. The first-order valence-corrected chi connectivity index (χ1v) is 10.0. The molecule has 0 aromatic heterocycles. The number of halogens is 2. The maximum atomic E-state index is 13.9. The van der Waals surface area contributed by atoms with E-state index >= 15 is 0 Å². The molecule has 6 heteroatoms. The smallest absolute Gasteiger partial charge is 0.255 e. The molecule has 4 nitrogen and oxygen atoms in total. The van der Waals surface area contributed by atoms with Gasteiger partial charge in [0.15, 0.2) is 0 Å². The first-order valence-electron chi connectivity index (χ1n) is 10.0. The molecular weight excluding hydrogens is 400 g/mol. The number of rotatable bonds is 7. The molecule has 0 aliphatic rings. The molecule has 3 aromatic carbocycles. The van der Waals surface area contributed by atoms with Crippen molar-refractivity contribution in [2.45, 2.75) is 34.3 Å². The molecule has 0 heterocycles. The predicted molar refractivity (Wildman–Crippen MR) is 117 cm³/mol. The predicted octanol–water partition coefficient (Wildman–Crippen LogP) is 6.12. The maximum Gasteiger partial charge on any atom is 0.255 e. The molecule has 0 aliphatic carbocycles. The summed E-state index contributed by atoms with van der Waals surface area (Å²) in [7, 11) is 0. The third-order valence-corrected chi connectivity index (χ3v) is 4.97. The van der Waals surface area contributed by atoms with Crippen LogP contribution in [0.1, 0.15) is 39.5 Å². The molecule has 1 N–H and O–H groups in total. The van der Waals surface area contributed by atoms with Crippen LogP contribution < -0.4 is 14.8 Å². The van der Waals surface area contributed by atoms with E-state index in [9.17, 15) is 13.6 Å². The lowest BCUT2D eigenvalue weighted by Crippen LogP contribution is -2.15. The monoisotopic (exact) mass is 425 g/mol. The van der Waals surface area contributed by atoms with Crippen molar-refractivity contribution < 1.29 is 23.0 Å².